The molecule has 7 heteroatoms. The maximum atomic E-state index is 12.9. The molecule has 5 rings (SSSR count). The largest absolute Gasteiger partial charge is 0.456 e. The van der Waals surface area contributed by atoms with Gasteiger partial charge in [-0.05, 0) is 36.8 Å². The van der Waals surface area contributed by atoms with Crippen molar-refractivity contribution in [1.29, 1.82) is 0 Å². The fourth-order valence-corrected chi connectivity index (χ4v) is 4.97. The van der Waals surface area contributed by atoms with E-state index in [0.717, 1.165) is 24.8 Å². The zero-order chi connectivity index (χ0) is 25.1. The summed E-state index contributed by atoms with van der Waals surface area (Å²) in [7, 11) is 0. The number of benzene rings is 3. The third kappa shape index (κ3) is 4.26. The van der Waals surface area contributed by atoms with Crippen LogP contribution in [0.4, 0.5) is 16.2 Å². The smallest absolute Gasteiger partial charge is 0.411 e. The Kier molecular flexibility index (Phi) is 6.55. The van der Waals surface area contributed by atoms with E-state index >= 15 is 0 Å². The minimum Gasteiger partial charge on any atom is -0.456 e. The van der Waals surface area contributed by atoms with Gasteiger partial charge in [0.1, 0.15) is 11.5 Å². The summed E-state index contributed by atoms with van der Waals surface area (Å²) in [5.74, 6) is 0.558. The first-order valence-electron chi connectivity index (χ1n) is 12.5. The number of amides is 1. The molecule has 3 N–H and O–H groups in total. The number of esters is 1. The van der Waals surface area contributed by atoms with E-state index < -0.39 is 17.7 Å². The Morgan fingerprint density at radius 2 is 1.64 bits per heavy atom. The van der Waals surface area contributed by atoms with Crippen LogP contribution < -0.4 is 15.8 Å². The van der Waals surface area contributed by atoms with Crippen LogP contribution in [-0.2, 0) is 15.1 Å². The zero-order valence-corrected chi connectivity index (χ0v) is 20.3. The molecule has 0 radical (unpaired) electrons. The van der Waals surface area contributed by atoms with Gasteiger partial charge in [-0.15, -0.1) is 0 Å². The van der Waals surface area contributed by atoms with Crippen LogP contribution in [0.5, 0.6) is 11.5 Å². The van der Waals surface area contributed by atoms with Crippen LogP contribution in [0.15, 0.2) is 60.7 Å². The molecule has 0 aliphatic carbocycles. The number of unbranched alkanes of at least 4 members (excludes halogenated alkanes) is 5. The van der Waals surface area contributed by atoms with Gasteiger partial charge in [-0.2, -0.15) is 0 Å². The highest BCUT2D eigenvalue weighted by Crippen LogP contribution is 2.56. The molecule has 0 saturated heterocycles. The first-order valence-corrected chi connectivity index (χ1v) is 12.5. The predicted molar refractivity (Wildman–Crippen MR) is 137 cm³/mol. The predicted octanol–water partition coefficient (Wildman–Crippen LogP) is 6.75. The van der Waals surface area contributed by atoms with Crippen molar-refractivity contribution in [3.63, 3.8) is 0 Å². The molecular formula is C29H30N2O5. The molecule has 0 aromatic heterocycles. The second-order valence-corrected chi connectivity index (χ2v) is 9.21. The number of rotatable bonds is 8. The molecule has 0 bridgehead atoms. The van der Waals surface area contributed by atoms with E-state index in [1.54, 1.807) is 30.3 Å². The molecule has 3 aromatic rings. The summed E-state index contributed by atoms with van der Waals surface area (Å²) in [5, 5.41) is 2.77. The molecular weight excluding hydrogens is 456 g/mol. The number of nitrogens with two attached hydrogens (primary N) is 1. The number of carbonyl (C=O) groups excluding carboxylic acids is 2. The Labute approximate surface area is 210 Å². The van der Waals surface area contributed by atoms with Crippen LogP contribution in [0.25, 0.3) is 0 Å². The number of carbonyl (C=O) groups is 2. The number of nitrogens with one attached hydrogen (secondary N) is 1. The zero-order valence-electron chi connectivity index (χ0n) is 20.3. The van der Waals surface area contributed by atoms with Crippen LogP contribution in [-0.4, -0.2) is 18.7 Å². The fourth-order valence-electron chi connectivity index (χ4n) is 4.97. The summed E-state index contributed by atoms with van der Waals surface area (Å²) in [4.78, 5) is 25.2. The molecule has 7 nitrogen and oxygen atoms in total. The Morgan fingerprint density at radius 3 is 2.47 bits per heavy atom. The van der Waals surface area contributed by atoms with Gasteiger partial charge < -0.3 is 19.9 Å². The molecule has 1 spiro atoms. The molecule has 2 aliphatic heterocycles. The van der Waals surface area contributed by atoms with E-state index in [1.807, 2.05) is 30.3 Å². The van der Waals surface area contributed by atoms with Gasteiger partial charge >= 0.3 is 12.1 Å². The summed E-state index contributed by atoms with van der Waals surface area (Å²) in [6.07, 6.45) is 6.19. The molecule has 3 aromatic carbocycles. The van der Waals surface area contributed by atoms with Crippen molar-refractivity contribution in [2.75, 3.05) is 17.7 Å². The lowest BCUT2D eigenvalue weighted by Gasteiger charge is -2.36. The van der Waals surface area contributed by atoms with Crippen molar-refractivity contribution in [3.8, 4) is 11.5 Å². The lowest BCUT2D eigenvalue weighted by molar-refractivity contribution is 0.0224. The van der Waals surface area contributed by atoms with Crippen LogP contribution >= 0.6 is 0 Å². The average Bonchev–Trinajstić information content (AvgIpc) is 3.16. The molecule has 0 saturated carbocycles. The highest BCUT2D eigenvalue weighted by Gasteiger charge is 2.53. The maximum Gasteiger partial charge on any atom is 0.411 e. The molecule has 2 aliphatic rings. The van der Waals surface area contributed by atoms with Gasteiger partial charge in [-0.3, -0.25) is 5.32 Å². The van der Waals surface area contributed by atoms with Crippen LogP contribution in [0.3, 0.4) is 0 Å². The molecule has 0 fully saturated rings. The van der Waals surface area contributed by atoms with Crippen molar-refractivity contribution in [1.82, 2.24) is 0 Å². The number of hydrogen-bond acceptors (Lipinski definition) is 6. The molecule has 1 unspecified atom stereocenters. The average molecular weight is 487 g/mol. The summed E-state index contributed by atoms with van der Waals surface area (Å²) in [6.45, 7) is 2.56. The van der Waals surface area contributed by atoms with Gasteiger partial charge in [0.15, 0.2) is 5.60 Å². The number of fused-ring (bicyclic) bond motifs is 6. The number of ether oxygens (including phenoxy) is 3. The topological polar surface area (TPSA) is 99.9 Å². The standard InChI is InChI=1S/C29H30N2O5/c1-2-3-4-5-6-9-16-34-28(33)31-20-13-15-24-26(18-20)35-25-17-19(30)12-14-23(25)29(24)22-11-8-7-10-21(22)27(32)36-29/h7-8,10-15,17-18H,2-6,9,16,30H2,1H3,(H,31,33). The van der Waals surface area contributed by atoms with Crippen LogP contribution in [0.2, 0.25) is 0 Å². The Morgan fingerprint density at radius 1 is 0.917 bits per heavy atom. The van der Waals surface area contributed by atoms with Crippen molar-refractivity contribution in [2.45, 2.75) is 51.0 Å². The van der Waals surface area contributed by atoms with Crippen LogP contribution in [0.1, 0.15) is 72.5 Å². The van der Waals surface area contributed by atoms with Gasteiger partial charge in [0, 0.05) is 40.2 Å². The number of anilines is 2. The first kappa shape index (κ1) is 23.7. The van der Waals surface area contributed by atoms with Gasteiger partial charge in [0.25, 0.3) is 0 Å². The van der Waals surface area contributed by atoms with Gasteiger partial charge in [0.05, 0.1) is 12.2 Å². The highest BCUT2D eigenvalue weighted by molar-refractivity contribution is 5.97. The summed E-state index contributed by atoms with van der Waals surface area (Å²) >= 11 is 0. The molecule has 36 heavy (non-hydrogen) atoms. The molecule has 2 heterocycles. The van der Waals surface area contributed by atoms with Crippen molar-refractivity contribution in [3.05, 3.63) is 82.9 Å². The van der Waals surface area contributed by atoms with E-state index in [1.165, 1.54) is 19.3 Å². The van der Waals surface area contributed by atoms with E-state index in [9.17, 15) is 9.59 Å². The number of hydrogen-bond donors (Lipinski definition) is 2. The van der Waals surface area contributed by atoms with Gasteiger partial charge in [-0.25, -0.2) is 9.59 Å². The number of nitrogen functional groups attached to an aromatic ring is 1. The lowest BCUT2D eigenvalue weighted by atomic mass is 9.77. The quantitative estimate of drug-likeness (QED) is 0.208. The van der Waals surface area contributed by atoms with E-state index in [2.05, 4.69) is 12.2 Å². The van der Waals surface area contributed by atoms with E-state index in [-0.39, 0.29) is 0 Å². The maximum absolute atomic E-state index is 12.9. The fraction of sp³-hybridized carbons (Fsp3) is 0.310. The highest BCUT2D eigenvalue weighted by atomic mass is 16.6. The normalized spacial score (nSPS) is 17.0. The first-order chi connectivity index (χ1) is 17.5. The molecule has 1 amide bonds. The Balaban J connectivity index is 1.39. The third-order valence-electron chi connectivity index (χ3n) is 6.72. The van der Waals surface area contributed by atoms with Crippen molar-refractivity contribution < 1.29 is 23.8 Å². The Hall–Kier alpha value is -4.00. The minimum atomic E-state index is -1.17. The summed E-state index contributed by atoms with van der Waals surface area (Å²) < 4.78 is 17.6. The molecule has 186 valence electrons. The Bertz CT molecular complexity index is 1300. The monoisotopic (exact) mass is 486 g/mol. The van der Waals surface area contributed by atoms with E-state index in [4.69, 9.17) is 19.9 Å². The second-order valence-electron chi connectivity index (χ2n) is 9.21. The SMILES string of the molecule is CCCCCCCCOC(=O)Nc1ccc2c(c1)Oc1cc(N)ccc1C21OC(=O)c2ccccc21. The van der Waals surface area contributed by atoms with Crippen LogP contribution in [0, 0.1) is 0 Å². The summed E-state index contributed by atoms with van der Waals surface area (Å²) in [5.41, 5.74) is 8.53. The van der Waals surface area contributed by atoms with Crippen molar-refractivity contribution in [2.24, 2.45) is 0 Å². The second kappa shape index (κ2) is 9.93. The molecule has 1 atom stereocenters. The minimum absolute atomic E-state index is 0.377. The van der Waals surface area contributed by atoms with Crippen molar-refractivity contribution >= 4 is 23.4 Å². The third-order valence-corrected chi connectivity index (χ3v) is 6.72. The van der Waals surface area contributed by atoms with E-state index in [0.29, 0.717) is 46.2 Å². The summed E-state index contributed by atoms with van der Waals surface area (Å²) in [6, 6.07) is 17.9. The van der Waals surface area contributed by atoms with Gasteiger partial charge in [0.2, 0.25) is 0 Å². The lowest BCUT2D eigenvalue weighted by Crippen LogP contribution is -2.33. The van der Waals surface area contributed by atoms with Gasteiger partial charge in [-0.1, -0.05) is 57.2 Å².